The second-order valence-electron chi connectivity index (χ2n) is 4.29. The quantitative estimate of drug-likeness (QED) is 0.661. The number of pyridine rings is 1. The summed E-state index contributed by atoms with van der Waals surface area (Å²) >= 11 is 1.94. The summed E-state index contributed by atoms with van der Waals surface area (Å²) in [6, 6.07) is 3.96. The van der Waals surface area contributed by atoms with E-state index in [4.69, 9.17) is 4.74 Å². The first-order valence-electron chi connectivity index (χ1n) is 6.55. The Balaban J connectivity index is 2.00. The standard InChI is InChI=1S/C14H24N2OS/c1-17-14-8-7-13(12-16-14)11-15-9-5-3-4-6-10-18-2/h7-8,12,15H,3-6,9-11H2,1-2H3. The van der Waals surface area contributed by atoms with Gasteiger partial charge in [-0.3, -0.25) is 0 Å². The van der Waals surface area contributed by atoms with E-state index in [1.807, 2.05) is 24.0 Å². The van der Waals surface area contributed by atoms with Crippen molar-refractivity contribution in [2.24, 2.45) is 0 Å². The fourth-order valence-corrected chi connectivity index (χ4v) is 2.21. The molecule has 102 valence electrons. The Morgan fingerprint density at radius 3 is 2.72 bits per heavy atom. The van der Waals surface area contributed by atoms with Crippen molar-refractivity contribution in [2.45, 2.75) is 32.2 Å². The van der Waals surface area contributed by atoms with Crippen molar-refractivity contribution >= 4 is 11.8 Å². The molecule has 3 nitrogen and oxygen atoms in total. The van der Waals surface area contributed by atoms with E-state index in [0.717, 1.165) is 13.1 Å². The van der Waals surface area contributed by atoms with Crippen LogP contribution >= 0.6 is 11.8 Å². The summed E-state index contributed by atoms with van der Waals surface area (Å²) < 4.78 is 5.03. The Morgan fingerprint density at radius 1 is 1.22 bits per heavy atom. The molecule has 0 unspecified atom stereocenters. The average Bonchev–Trinajstić information content (AvgIpc) is 2.42. The molecule has 0 saturated carbocycles. The molecule has 1 aromatic heterocycles. The normalized spacial score (nSPS) is 10.6. The highest BCUT2D eigenvalue weighted by Crippen LogP contribution is 2.07. The first-order valence-corrected chi connectivity index (χ1v) is 7.94. The minimum absolute atomic E-state index is 0.674. The summed E-state index contributed by atoms with van der Waals surface area (Å²) in [6.07, 6.45) is 9.33. The predicted octanol–water partition coefficient (Wildman–Crippen LogP) is 3.10. The Bertz CT molecular complexity index is 303. The maximum Gasteiger partial charge on any atom is 0.212 e. The highest BCUT2D eigenvalue weighted by atomic mass is 32.2. The van der Waals surface area contributed by atoms with Crippen molar-refractivity contribution in [3.8, 4) is 5.88 Å². The summed E-state index contributed by atoms with van der Waals surface area (Å²) in [4.78, 5) is 4.18. The number of methoxy groups -OCH3 is 1. The van der Waals surface area contributed by atoms with Crippen LogP contribution in [0.5, 0.6) is 5.88 Å². The van der Waals surface area contributed by atoms with Gasteiger partial charge >= 0.3 is 0 Å². The number of unbranched alkanes of at least 4 members (excludes halogenated alkanes) is 3. The summed E-state index contributed by atoms with van der Waals surface area (Å²) in [5.41, 5.74) is 1.21. The molecule has 0 aromatic carbocycles. The second-order valence-corrected chi connectivity index (χ2v) is 5.28. The third kappa shape index (κ3) is 6.87. The SMILES string of the molecule is COc1ccc(CNCCCCCCSC)cn1. The maximum absolute atomic E-state index is 5.03. The van der Waals surface area contributed by atoms with Gasteiger partial charge in [-0.25, -0.2) is 4.98 Å². The van der Waals surface area contributed by atoms with Crippen molar-refractivity contribution in [2.75, 3.05) is 25.7 Å². The predicted molar refractivity (Wildman–Crippen MR) is 79.3 cm³/mol. The molecular formula is C14H24N2OS. The monoisotopic (exact) mass is 268 g/mol. The third-order valence-electron chi connectivity index (χ3n) is 2.79. The van der Waals surface area contributed by atoms with Gasteiger partial charge in [-0.1, -0.05) is 18.9 Å². The Kier molecular flexibility index (Phi) is 8.69. The lowest BCUT2D eigenvalue weighted by molar-refractivity contribution is 0.397. The van der Waals surface area contributed by atoms with Crippen molar-refractivity contribution in [3.63, 3.8) is 0 Å². The average molecular weight is 268 g/mol. The second kappa shape index (κ2) is 10.2. The van der Waals surface area contributed by atoms with Gasteiger partial charge in [0.25, 0.3) is 0 Å². The summed E-state index contributed by atoms with van der Waals surface area (Å²) in [6.45, 7) is 1.98. The van der Waals surface area contributed by atoms with E-state index in [1.165, 1.54) is 37.0 Å². The van der Waals surface area contributed by atoms with Gasteiger partial charge in [0.1, 0.15) is 0 Å². The molecule has 0 bridgehead atoms. The van der Waals surface area contributed by atoms with Crippen LogP contribution in [0.25, 0.3) is 0 Å². The van der Waals surface area contributed by atoms with E-state index in [2.05, 4.69) is 22.6 Å². The van der Waals surface area contributed by atoms with Crippen LogP contribution in [0.15, 0.2) is 18.3 Å². The van der Waals surface area contributed by atoms with E-state index in [9.17, 15) is 0 Å². The van der Waals surface area contributed by atoms with Crippen LogP contribution in [0.1, 0.15) is 31.2 Å². The van der Waals surface area contributed by atoms with Crippen LogP contribution in [-0.2, 0) is 6.54 Å². The molecule has 4 heteroatoms. The molecule has 0 fully saturated rings. The fraction of sp³-hybridized carbons (Fsp3) is 0.643. The van der Waals surface area contributed by atoms with Gasteiger partial charge in [-0.2, -0.15) is 11.8 Å². The molecule has 0 amide bonds. The van der Waals surface area contributed by atoms with E-state index >= 15 is 0 Å². The molecule has 0 aliphatic heterocycles. The van der Waals surface area contributed by atoms with Crippen LogP contribution in [0.2, 0.25) is 0 Å². The Morgan fingerprint density at radius 2 is 2.06 bits per heavy atom. The van der Waals surface area contributed by atoms with Crippen LogP contribution in [0.3, 0.4) is 0 Å². The lowest BCUT2D eigenvalue weighted by Gasteiger charge is -2.05. The third-order valence-corrected chi connectivity index (χ3v) is 3.48. The molecule has 1 rings (SSSR count). The Hall–Kier alpha value is -0.740. The molecule has 1 heterocycles. The zero-order valence-corrected chi connectivity index (χ0v) is 12.3. The number of hydrogen-bond acceptors (Lipinski definition) is 4. The van der Waals surface area contributed by atoms with Crippen LogP contribution < -0.4 is 10.1 Å². The summed E-state index contributed by atoms with van der Waals surface area (Å²) in [7, 11) is 1.64. The molecule has 0 radical (unpaired) electrons. The first kappa shape index (κ1) is 15.3. The zero-order chi connectivity index (χ0) is 13.1. The molecule has 0 spiro atoms. The van der Waals surface area contributed by atoms with E-state index in [1.54, 1.807) is 7.11 Å². The Labute approximate surface area is 115 Å². The fourth-order valence-electron chi connectivity index (χ4n) is 1.72. The maximum atomic E-state index is 5.03. The van der Waals surface area contributed by atoms with Gasteiger partial charge in [0.15, 0.2) is 0 Å². The van der Waals surface area contributed by atoms with Gasteiger partial charge in [0, 0.05) is 18.8 Å². The molecule has 0 atom stereocenters. The van der Waals surface area contributed by atoms with Gasteiger partial charge < -0.3 is 10.1 Å². The summed E-state index contributed by atoms with van der Waals surface area (Å²) in [5.74, 6) is 1.97. The van der Waals surface area contributed by atoms with Gasteiger partial charge in [-0.05, 0) is 37.0 Å². The molecule has 1 aromatic rings. The minimum atomic E-state index is 0.674. The molecule has 0 aliphatic carbocycles. The van der Waals surface area contributed by atoms with E-state index in [0.29, 0.717) is 5.88 Å². The van der Waals surface area contributed by atoms with Gasteiger partial charge in [-0.15, -0.1) is 0 Å². The molecule has 0 aliphatic rings. The zero-order valence-electron chi connectivity index (χ0n) is 11.4. The van der Waals surface area contributed by atoms with Crippen LogP contribution in [0, 0.1) is 0 Å². The molecule has 1 N–H and O–H groups in total. The topological polar surface area (TPSA) is 34.1 Å². The highest BCUT2D eigenvalue weighted by molar-refractivity contribution is 7.98. The smallest absolute Gasteiger partial charge is 0.212 e. The number of hydrogen-bond donors (Lipinski definition) is 1. The van der Waals surface area contributed by atoms with Crippen LogP contribution in [0.4, 0.5) is 0 Å². The molecule has 18 heavy (non-hydrogen) atoms. The van der Waals surface area contributed by atoms with Crippen molar-refractivity contribution < 1.29 is 4.74 Å². The first-order chi connectivity index (χ1) is 8.86. The number of aromatic nitrogens is 1. The lowest BCUT2D eigenvalue weighted by Crippen LogP contribution is -2.14. The number of ether oxygens (including phenoxy) is 1. The van der Waals surface area contributed by atoms with Crippen molar-refractivity contribution in [1.29, 1.82) is 0 Å². The van der Waals surface area contributed by atoms with E-state index in [-0.39, 0.29) is 0 Å². The molecular weight excluding hydrogens is 244 g/mol. The molecule has 0 saturated heterocycles. The largest absolute Gasteiger partial charge is 0.481 e. The van der Waals surface area contributed by atoms with Gasteiger partial charge in [0.05, 0.1) is 7.11 Å². The number of rotatable bonds is 10. The number of thioether (sulfide) groups is 1. The van der Waals surface area contributed by atoms with Crippen molar-refractivity contribution in [3.05, 3.63) is 23.9 Å². The minimum Gasteiger partial charge on any atom is -0.481 e. The number of nitrogens with one attached hydrogen (secondary N) is 1. The number of nitrogens with zero attached hydrogens (tertiary/aromatic N) is 1. The highest BCUT2D eigenvalue weighted by Gasteiger charge is 1.95. The summed E-state index contributed by atoms with van der Waals surface area (Å²) in [5, 5.41) is 3.44. The van der Waals surface area contributed by atoms with Gasteiger partial charge in [0.2, 0.25) is 5.88 Å². The lowest BCUT2D eigenvalue weighted by atomic mass is 10.2. The van der Waals surface area contributed by atoms with Crippen molar-refractivity contribution in [1.82, 2.24) is 10.3 Å². The van der Waals surface area contributed by atoms with E-state index < -0.39 is 0 Å². The van der Waals surface area contributed by atoms with Crippen LogP contribution in [-0.4, -0.2) is 30.6 Å².